The summed E-state index contributed by atoms with van der Waals surface area (Å²) in [6.07, 6.45) is 0.187. The van der Waals surface area contributed by atoms with Gasteiger partial charge >= 0.3 is 5.97 Å². The first-order valence-corrected chi connectivity index (χ1v) is 8.65. The largest absolute Gasteiger partial charge is 0.456 e. The fraction of sp³-hybridized carbons (Fsp3) is 0.632. The van der Waals surface area contributed by atoms with Gasteiger partial charge in [-0.05, 0) is 26.2 Å². The normalized spacial score (nSPS) is 41.2. The highest BCUT2D eigenvalue weighted by Crippen LogP contribution is 2.38. The maximum atomic E-state index is 12.4. The molecule has 0 amide bonds. The molecule has 25 heavy (non-hydrogen) atoms. The number of Topliss-reactive ketones (excluding diaryl/α,β-unsaturated/α-hetero) is 2. The second-order valence-corrected chi connectivity index (χ2v) is 7.68. The van der Waals surface area contributed by atoms with E-state index in [1.165, 1.54) is 0 Å². The average Bonchev–Trinajstić information content (AvgIpc) is 2.91. The van der Waals surface area contributed by atoms with Crippen molar-refractivity contribution in [3.63, 3.8) is 0 Å². The number of carbonyl (C=O) groups is 3. The molecule has 5 atom stereocenters. The van der Waals surface area contributed by atoms with Crippen LogP contribution in [0.25, 0.3) is 0 Å². The maximum absolute atomic E-state index is 12.4. The van der Waals surface area contributed by atoms with E-state index in [4.69, 9.17) is 9.47 Å². The molecule has 0 aromatic rings. The summed E-state index contributed by atoms with van der Waals surface area (Å²) in [6.45, 7) is 7.50. The minimum Gasteiger partial charge on any atom is -0.456 e. The van der Waals surface area contributed by atoms with Gasteiger partial charge in [-0.1, -0.05) is 18.2 Å². The van der Waals surface area contributed by atoms with Crippen LogP contribution in [0.2, 0.25) is 0 Å². The highest BCUT2D eigenvalue weighted by molar-refractivity contribution is 5.93. The molecule has 0 radical (unpaired) electrons. The van der Waals surface area contributed by atoms with Gasteiger partial charge in [-0.3, -0.25) is 9.59 Å². The summed E-state index contributed by atoms with van der Waals surface area (Å²) < 4.78 is 11.2. The Morgan fingerprint density at radius 3 is 2.72 bits per heavy atom. The highest BCUT2D eigenvalue weighted by Gasteiger charge is 2.49. The molecule has 1 N–H and O–H groups in total. The van der Waals surface area contributed by atoms with Crippen molar-refractivity contribution in [1.29, 1.82) is 0 Å². The number of hydrogen-bond donors (Lipinski definition) is 1. The van der Waals surface area contributed by atoms with Crippen LogP contribution in [-0.4, -0.2) is 46.6 Å². The third kappa shape index (κ3) is 3.60. The molecule has 3 heterocycles. The molecule has 0 unspecified atom stereocenters. The minimum atomic E-state index is -1.05. The Morgan fingerprint density at radius 2 is 2.04 bits per heavy atom. The zero-order valence-corrected chi connectivity index (χ0v) is 14.6. The average molecular weight is 348 g/mol. The van der Waals surface area contributed by atoms with E-state index in [0.29, 0.717) is 6.42 Å². The smallest absolute Gasteiger partial charge is 0.336 e. The third-order valence-electron chi connectivity index (χ3n) is 5.34. The van der Waals surface area contributed by atoms with Gasteiger partial charge in [-0.15, -0.1) is 0 Å². The topological polar surface area (TPSA) is 89.9 Å². The molecule has 6 nitrogen and oxygen atoms in total. The summed E-state index contributed by atoms with van der Waals surface area (Å²) in [4.78, 5) is 36.8. The zero-order chi connectivity index (χ0) is 18.4. The molecular formula is C19H24O6. The molecule has 3 aliphatic heterocycles. The van der Waals surface area contributed by atoms with Crippen LogP contribution in [0.1, 0.15) is 46.0 Å². The number of rotatable bonds is 1. The van der Waals surface area contributed by atoms with E-state index in [9.17, 15) is 19.5 Å². The molecule has 2 saturated heterocycles. The number of aliphatic hydroxyl groups excluding tert-OH is 1. The van der Waals surface area contributed by atoms with Gasteiger partial charge in [0, 0.05) is 25.7 Å². The molecule has 6 heteroatoms. The van der Waals surface area contributed by atoms with Crippen LogP contribution in [0, 0.1) is 5.92 Å². The molecule has 4 bridgehead atoms. The lowest BCUT2D eigenvalue weighted by Gasteiger charge is -2.27. The predicted octanol–water partition coefficient (Wildman–Crippen LogP) is 1.65. The molecule has 0 aliphatic carbocycles. The zero-order valence-electron chi connectivity index (χ0n) is 14.6. The van der Waals surface area contributed by atoms with Crippen molar-refractivity contribution in [2.75, 3.05) is 0 Å². The van der Waals surface area contributed by atoms with Gasteiger partial charge in [0.15, 0.2) is 5.78 Å². The number of carbonyl (C=O) groups excluding carboxylic acids is 3. The van der Waals surface area contributed by atoms with Crippen molar-refractivity contribution in [3.05, 3.63) is 23.8 Å². The Labute approximate surface area is 146 Å². The van der Waals surface area contributed by atoms with Crippen LogP contribution >= 0.6 is 0 Å². The number of ketones is 2. The van der Waals surface area contributed by atoms with Crippen LogP contribution in [-0.2, 0) is 23.9 Å². The van der Waals surface area contributed by atoms with Crippen molar-refractivity contribution in [3.8, 4) is 0 Å². The quantitative estimate of drug-likeness (QED) is 0.572. The van der Waals surface area contributed by atoms with Gasteiger partial charge in [0.25, 0.3) is 0 Å². The molecule has 0 aromatic heterocycles. The van der Waals surface area contributed by atoms with Gasteiger partial charge in [0.2, 0.25) is 0 Å². The number of aliphatic hydroxyl groups is 1. The number of fused-ring (bicyclic) bond motifs is 4. The summed E-state index contributed by atoms with van der Waals surface area (Å²) in [5.41, 5.74) is 0.194. The molecule has 3 rings (SSSR count). The lowest BCUT2D eigenvalue weighted by atomic mass is 9.87. The van der Waals surface area contributed by atoms with Crippen molar-refractivity contribution >= 4 is 17.5 Å². The van der Waals surface area contributed by atoms with Crippen molar-refractivity contribution in [1.82, 2.24) is 0 Å². The lowest BCUT2D eigenvalue weighted by molar-refractivity contribution is -0.144. The number of ether oxygens (including phenoxy) is 2. The molecule has 2 fully saturated rings. The predicted molar refractivity (Wildman–Crippen MR) is 88.7 cm³/mol. The Balaban J connectivity index is 1.94. The summed E-state index contributed by atoms with van der Waals surface area (Å²) in [6, 6.07) is 0. The van der Waals surface area contributed by atoms with Crippen LogP contribution in [0.15, 0.2) is 23.8 Å². The van der Waals surface area contributed by atoms with E-state index in [1.807, 2.05) is 6.92 Å². The van der Waals surface area contributed by atoms with Gasteiger partial charge in [0.1, 0.15) is 24.1 Å². The summed E-state index contributed by atoms with van der Waals surface area (Å²) in [5, 5.41) is 10.5. The van der Waals surface area contributed by atoms with Crippen LogP contribution in [0.3, 0.4) is 0 Å². The molecule has 136 valence electrons. The lowest BCUT2D eigenvalue weighted by Crippen LogP contribution is -2.35. The van der Waals surface area contributed by atoms with Gasteiger partial charge in [-0.25, -0.2) is 4.79 Å². The Bertz CT molecular complexity index is 663. The fourth-order valence-electron chi connectivity index (χ4n) is 3.88. The molecule has 0 saturated carbocycles. The maximum Gasteiger partial charge on any atom is 0.336 e. The molecule has 3 aliphatic rings. The number of hydrogen-bond acceptors (Lipinski definition) is 6. The third-order valence-corrected chi connectivity index (χ3v) is 5.34. The summed E-state index contributed by atoms with van der Waals surface area (Å²) >= 11 is 0. The standard InChI is InChI=1S/C19H24O6/c1-10(2)11-4-5-13-17(22)16(24-18(13)23)9-19(3)8-14(21)15(25-19)7-12(20)6-11/h5,11,15-17,22H,1,4,6-9H2,2-3H3/b13-5-/t11-,15+,16+,17-,19+/m1/s1. The van der Waals surface area contributed by atoms with Gasteiger partial charge in [-0.2, -0.15) is 0 Å². The van der Waals surface area contributed by atoms with Gasteiger partial charge < -0.3 is 14.6 Å². The Morgan fingerprint density at radius 1 is 1.32 bits per heavy atom. The first-order chi connectivity index (χ1) is 11.7. The van der Waals surface area contributed by atoms with E-state index in [0.717, 1.165) is 5.57 Å². The Hall–Kier alpha value is -1.79. The second kappa shape index (κ2) is 6.50. The first kappa shape index (κ1) is 18.0. The molecule has 0 aromatic carbocycles. The number of esters is 1. The fourth-order valence-corrected chi connectivity index (χ4v) is 3.88. The van der Waals surface area contributed by atoms with E-state index in [2.05, 4.69) is 6.58 Å². The monoisotopic (exact) mass is 348 g/mol. The van der Waals surface area contributed by atoms with E-state index in [-0.39, 0.29) is 48.7 Å². The van der Waals surface area contributed by atoms with Gasteiger partial charge in [0.05, 0.1) is 11.2 Å². The van der Waals surface area contributed by atoms with Crippen LogP contribution in [0.5, 0.6) is 0 Å². The Kier molecular flexibility index (Phi) is 4.68. The van der Waals surface area contributed by atoms with E-state index >= 15 is 0 Å². The van der Waals surface area contributed by atoms with E-state index < -0.39 is 29.9 Å². The van der Waals surface area contributed by atoms with Crippen LogP contribution in [0.4, 0.5) is 0 Å². The van der Waals surface area contributed by atoms with Crippen molar-refractivity contribution in [2.24, 2.45) is 5.92 Å². The van der Waals surface area contributed by atoms with Crippen LogP contribution < -0.4 is 0 Å². The summed E-state index contributed by atoms with van der Waals surface area (Å²) in [7, 11) is 0. The first-order valence-electron chi connectivity index (χ1n) is 8.65. The van der Waals surface area contributed by atoms with Crippen molar-refractivity contribution < 1.29 is 29.0 Å². The second-order valence-electron chi connectivity index (χ2n) is 7.68. The molecule has 0 spiro atoms. The highest BCUT2D eigenvalue weighted by atomic mass is 16.6. The minimum absolute atomic E-state index is 0.0541. The molecular weight excluding hydrogens is 324 g/mol. The van der Waals surface area contributed by atoms with Crippen molar-refractivity contribution in [2.45, 2.75) is 69.9 Å². The summed E-state index contributed by atoms with van der Waals surface area (Å²) in [5.74, 6) is -0.871. The van der Waals surface area contributed by atoms with E-state index in [1.54, 1.807) is 13.0 Å². The number of allylic oxidation sites excluding steroid dienone is 2. The SMILES string of the molecule is C=C(C)[C@@H]1C/C=C2\C(=O)O[C@@H](C[C@]3(C)CC(=O)[C@H](CC(=O)C1)O3)[C@@H]2O.